The molecule has 0 rings (SSSR count). The van der Waals surface area contributed by atoms with Gasteiger partial charge in [-0.25, -0.2) is 0 Å². The van der Waals surface area contributed by atoms with E-state index < -0.39 is 0 Å². The highest BCUT2D eigenvalue weighted by Gasteiger charge is 2.26. The van der Waals surface area contributed by atoms with Crippen molar-refractivity contribution in [2.75, 3.05) is 0 Å². The number of rotatable bonds is 7. The van der Waals surface area contributed by atoms with Crippen molar-refractivity contribution in [1.82, 2.24) is 0 Å². The van der Waals surface area contributed by atoms with Gasteiger partial charge >= 0.3 is 0 Å². The zero-order chi connectivity index (χ0) is 11.2. The van der Waals surface area contributed by atoms with Gasteiger partial charge in [-0.3, -0.25) is 0 Å². The van der Waals surface area contributed by atoms with Gasteiger partial charge in [-0.15, -0.1) is 0 Å². The van der Waals surface area contributed by atoms with E-state index in [9.17, 15) is 5.11 Å². The molecule has 0 bridgehead atoms. The van der Waals surface area contributed by atoms with Crippen LogP contribution < -0.4 is 0 Å². The third kappa shape index (κ3) is 5.64. The van der Waals surface area contributed by atoms with Crippen molar-refractivity contribution in [3.8, 4) is 0 Å². The molecular weight excluding hydrogens is 172 g/mol. The lowest BCUT2D eigenvalue weighted by Gasteiger charge is -2.30. The topological polar surface area (TPSA) is 20.2 Å². The van der Waals surface area contributed by atoms with E-state index in [0.717, 1.165) is 25.2 Å². The van der Waals surface area contributed by atoms with Crippen LogP contribution in [0.5, 0.6) is 0 Å². The molecule has 1 N–H and O–H groups in total. The molecule has 0 aliphatic carbocycles. The zero-order valence-corrected chi connectivity index (χ0v) is 10.6. The van der Waals surface area contributed by atoms with E-state index in [1.54, 1.807) is 0 Å². The Morgan fingerprint density at radius 1 is 1.14 bits per heavy atom. The summed E-state index contributed by atoms with van der Waals surface area (Å²) in [6.07, 6.45) is 5.56. The summed E-state index contributed by atoms with van der Waals surface area (Å²) in [4.78, 5) is 0. The number of hydrogen-bond donors (Lipinski definition) is 1. The molecule has 86 valence electrons. The lowest BCUT2D eigenvalue weighted by Crippen LogP contribution is -2.29. The summed E-state index contributed by atoms with van der Waals surface area (Å²) in [5.41, 5.74) is 0.102. The van der Waals surface area contributed by atoms with Gasteiger partial charge in [0.1, 0.15) is 0 Å². The Kier molecular flexibility index (Phi) is 6.43. The summed E-state index contributed by atoms with van der Waals surface area (Å²) < 4.78 is 0. The van der Waals surface area contributed by atoms with Crippen LogP contribution in [0.2, 0.25) is 0 Å². The highest BCUT2D eigenvalue weighted by molar-refractivity contribution is 4.77. The molecule has 0 radical (unpaired) electrons. The maximum Gasteiger partial charge on any atom is 0.0591 e. The Balaban J connectivity index is 3.81. The minimum atomic E-state index is -0.125. The molecule has 0 aromatic heterocycles. The van der Waals surface area contributed by atoms with Crippen LogP contribution in [-0.2, 0) is 0 Å². The third-order valence-electron chi connectivity index (χ3n) is 3.07. The first-order chi connectivity index (χ1) is 6.40. The van der Waals surface area contributed by atoms with Gasteiger partial charge in [0.15, 0.2) is 0 Å². The second-order valence-corrected chi connectivity index (χ2v) is 5.58. The molecule has 0 aromatic carbocycles. The van der Waals surface area contributed by atoms with E-state index >= 15 is 0 Å². The van der Waals surface area contributed by atoms with Crippen LogP contribution in [0, 0.1) is 11.3 Å². The Labute approximate surface area is 89.9 Å². The summed E-state index contributed by atoms with van der Waals surface area (Å²) in [6.45, 7) is 11.0. The van der Waals surface area contributed by atoms with Crippen LogP contribution in [0.1, 0.15) is 66.7 Å². The second kappa shape index (κ2) is 6.44. The van der Waals surface area contributed by atoms with Gasteiger partial charge in [-0.05, 0) is 24.2 Å². The standard InChI is InChI=1S/C13H28O/c1-6-8-12(14)13(4,5)10-7-9-11(2)3/h11-12,14H,6-10H2,1-5H3. The van der Waals surface area contributed by atoms with Crippen molar-refractivity contribution < 1.29 is 5.11 Å². The van der Waals surface area contributed by atoms with Gasteiger partial charge in [0.2, 0.25) is 0 Å². The van der Waals surface area contributed by atoms with E-state index in [-0.39, 0.29) is 11.5 Å². The fraction of sp³-hybridized carbons (Fsp3) is 1.00. The molecule has 1 nitrogen and oxygen atoms in total. The fourth-order valence-corrected chi connectivity index (χ4v) is 1.80. The molecule has 1 heteroatoms. The molecule has 1 atom stereocenters. The molecule has 1 unspecified atom stereocenters. The average molecular weight is 200 g/mol. The van der Waals surface area contributed by atoms with Crippen molar-refractivity contribution in [2.45, 2.75) is 72.8 Å². The van der Waals surface area contributed by atoms with Crippen molar-refractivity contribution in [2.24, 2.45) is 11.3 Å². The first kappa shape index (κ1) is 14.0. The van der Waals surface area contributed by atoms with Crippen LogP contribution in [0.3, 0.4) is 0 Å². The predicted octanol–water partition coefficient (Wildman–Crippen LogP) is 4.00. The third-order valence-corrected chi connectivity index (χ3v) is 3.07. The van der Waals surface area contributed by atoms with Gasteiger partial charge in [0, 0.05) is 0 Å². The Morgan fingerprint density at radius 3 is 2.14 bits per heavy atom. The van der Waals surface area contributed by atoms with Gasteiger partial charge in [0.25, 0.3) is 0 Å². The molecule has 0 aromatic rings. The average Bonchev–Trinajstić information content (AvgIpc) is 2.03. The summed E-state index contributed by atoms with van der Waals surface area (Å²) in [7, 11) is 0. The van der Waals surface area contributed by atoms with E-state index in [1.165, 1.54) is 12.8 Å². The summed E-state index contributed by atoms with van der Waals surface area (Å²) in [5, 5.41) is 9.94. The Morgan fingerprint density at radius 2 is 1.71 bits per heavy atom. The second-order valence-electron chi connectivity index (χ2n) is 5.58. The molecule has 0 fully saturated rings. The summed E-state index contributed by atoms with van der Waals surface area (Å²) in [6, 6.07) is 0. The molecule has 14 heavy (non-hydrogen) atoms. The smallest absolute Gasteiger partial charge is 0.0591 e. The van der Waals surface area contributed by atoms with Gasteiger partial charge in [0.05, 0.1) is 6.10 Å². The van der Waals surface area contributed by atoms with Crippen LogP contribution in [0.25, 0.3) is 0 Å². The SMILES string of the molecule is CCCC(O)C(C)(C)CCCC(C)C. The zero-order valence-electron chi connectivity index (χ0n) is 10.6. The van der Waals surface area contributed by atoms with E-state index in [1.807, 2.05) is 0 Å². The van der Waals surface area contributed by atoms with Crippen LogP contribution >= 0.6 is 0 Å². The minimum absolute atomic E-state index is 0.102. The van der Waals surface area contributed by atoms with Gasteiger partial charge in [-0.2, -0.15) is 0 Å². The quantitative estimate of drug-likeness (QED) is 0.658. The molecule has 0 aliphatic heterocycles. The predicted molar refractivity (Wildman–Crippen MR) is 63.4 cm³/mol. The Bertz CT molecular complexity index is 138. The minimum Gasteiger partial charge on any atom is -0.393 e. The van der Waals surface area contributed by atoms with Crippen molar-refractivity contribution in [3.05, 3.63) is 0 Å². The van der Waals surface area contributed by atoms with Crippen LogP contribution in [-0.4, -0.2) is 11.2 Å². The van der Waals surface area contributed by atoms with E-state index in [2.05, 4.69) is 34.6 Å². The Hall–Kier alpha value is -0.0400. The number of aliphatic hydroxyl groups excluding tert-OH is 1. The summed E-state index contributed by atoms with van der Waals surface area (Å²) in [5.74, 6) is 0.786. The van der Waals surface area contributed by atoms with Gasteiger partial charge in [-0.1, -0.05) is 53.9 Å². The maximum absolute atomic E-state index is 9.94. The van der Waals surface area contributed by atoms with E-state index in [4.69, 9.17) is 0 Å². The molecular formula is C13H28O. The highest BCUT2D eigenvalue weighted by atomic mass is 16.3. The van der Waals surface area contributed by atoms with E-state index in [0.29, 0.717) is 0 Å². The maximum atomic E-state index is 9.94. The molecule has 0 aliphatic rings. The summed E-state index contributed by atoms with van der Waals surface area (Å²) >= 11 is 0. The first-order valence-corrected chi connectivity index (χ1v) is 6.08. The monoisotopic (exact) mass is 200 g/mol. The van der Waals surface area contributed by atoms with Gasteiger partial charge < -0.3 is 5.11 Å². The largest absolute Gasteiger partial charge is 0.393 e. The van der Waals surface area contributed by atoms with Crippen molar-refractivity contribution in [3.63, 3.8) is 0 Å². The molecule has 0 saturated carbocycles. The van der Waals surface area contributed by atoms with Crippen molar-refractivity contribution >= 4 is 0 Å². The lowest BCUT2D eigenvalue weighted by atomic mass is 9.79. The molecule has 0 heterocycles. The molecule has 0 saturated heterocycles. The molecule has 0 amide bonds. The van der Waals surface area contributed by atoms with Crippen LogP contribution in [0.4, 0.5) is 0 Å². The van der Waals surface area contributed by atoms with Crippen LogP contribution in [0.15, 0.2) is 0 Å². The first-order valence-electron chi connectivity index (χ1n) is 6.08. The number of hydrogen-bond acceptors (Lipinski definition) is 1. The highest BCUT2D eigenvalue weighted by Crippen LogP contribution is 2.30. The number of aliphatic hydroxyl groups is 1. The molecule has 0 spiro atoms. The fourth-order valence-electron chi connectivity index (χ4n) is 1.80. The van der Waals surface area contributed by atoms with Crippen molar-refractivity contribution in [1.29, 1.82) is 0 Å². The normalized spacial score (nSPS) is 14.8. The lowest BCUT2D eigenvalue weighted by molar-refractivity contribution is 0.0344.